The molecule has 0 saturated heterocycles. The van der Waals surface area contributed by atoms with E-state index >= 15 is 0 Å². The van der Waals surface area contributed by atoms with Crippen molar-refractivity contribution in [2.75, 3.05) is 7.11 Å². The first-order valence-corrected chi connectivity index (χ1v) is 12.6. The number of ether oxygens (including phenoxy) is 1. The standard InChI is InChI=1S/C19H33NO3SSi/c1-14(20-24(21)18(2,3)4)16-12-11-15(22-8)13-17(16)23-25(9,10)19(5,6)7/h11-13H,1-10H3. The Bertz CT molecular complexity index is 631. The normalized spacial score (nSPS) is 15.1. The Morgan fingerprint density at radius 2 is 1.68 bits per heavy atom. The molecule has 6 heteroatoms. The van der Waals surface area contributed by atoms with Crippen LogP contribution in [0.2, 0.25) is 18.1 Å². The second-order valence-corrected chi connectivity index (χ2v) is 15.4. The predicted octanol–water partition coefficient (Wildman–Crippen LogP) is 5.35. The van der Waals surface area contributed by atoms with Crippen LogP contribution in [0.4, 0.5) is 0 Å². The van der Waals surface area contributed by atoms with Gasteiger partial charge in [-0.3, -0.25) is 0 Å². The summed E-state index contributed by atoms with van der Waals surface area (Å²) in [5.41, 5.74) is 1.58. The van der Waals surface area contributed by atoms with Crippen molar-refractivity contribution in [1.82, 2.24) is 0 Å². The molecule has 0 aliphatic rings. The quantitative estimate of drug-likeness (QED) is 0.391. The molecular formula is C19H33NO3SSi. The molecule has 1 aromatic rings. The van der Waals surface area contributed by atoms with Crippen molar-refractivity contribution in [3.63, 3.8) is 0 Å². The summed E-state index contributed by atoms with van der Waals surface area (Å²) in [5, 5.41) is 0.0760. The summed E-state index contributed by atoms with van der Waals surface area (Å²) in [7, 11) is -0.382. The average molecular weight is 384 g/mol. The van der Waals surface area contributed by atoms with E-state index in [2.05, 4.69) is 38.3 Å². The Morgan fingerprint density at radius 3 is 2.12 bits per heavy atom. The Morgan fingerprint density at radius 1 is 1.12 bits per heavy atom. The van der Waals surface area contributed by atoms with E-state index in [1.54, 1.807) is 7.11 Å². The molecule has 0 aliphatic carbocycles. The first-order valence-electron chi connectivity index (χ1n) is 8.54. The molecule has 0 radical (unpaired) electrons. The lowest BCUT2D eigenvalue weighted by Crippen LogP contribution is -2.44. The van der Waals surface area contributed by atoms with E-state index in [0.29, 0.717) is 5.71 Å². The third kappa shape index (κ3) is 5.76. The smallest absolute Gasteiger partial charge is 0.250 e. The van der Waals surface area contributed by atoms with Crippen molar-refractivity contribution in [1.29, 1.82) is 0 Å². The van der Waals surface area contributed by atoms with Crippen LogP contribution in [0.25, 0.3) is 0 Å². The van der Waals surface area contributed by atoms with E-state index in [1.165, 1.54) is 0 Å². The highest BCUT2D eigenvalue weighted by Crippen LogP contribution is 2.39. The zero-order valence-electron chi connectivity index (χ0n) is 17.3. The van der Waals surface area contributed by atoms with Crippen LogP contribution in [-0.2, 0) is 11.4 Å². The maximum absolute atomic E-state index is 12.4. The number of hydrogen-bond donors (Lipinski definition) is 0. The van der Waals surface area contributed by atoms with Crippen LogP contribution < -0.4 is 9.16 Å². The highest BCUT2D eigenvalue weighted by atomic mass is 32.2. The van der Waals surface area contributed by atoms with Crippen LogP contribution in [0.3, 0.4) is 0 Å². The van der Waals surface area contributed by atoms with E-state index in [0.717, 1.165) is 17.1 Å². The van der Waals surface area contributed by atoms with E-state index in [-0.39, 0.29) is 5.04 Å². The number of methoxy groups -OCH3 is 1. The highest BCUT2D eigenvalue weighted by Gasteiger charge is 2.39. The van der Waals surface area contributed by atoms with E-state index in [1.807, 2.05) is 45.9 Å². The number of rotatable bonds is 5. The monoisotopic (exact) mass is 383 g/mol. The van der Waals surface area contributed by atoms with Gasteiger partial charge in [0.1, 0.15) is 27.6 Å². The third-order valence-corrected chi connectivity index (χ3v) is 10.3. The van der Waals surface area contributed by atoms with Crippen molar-refractivity contribution in [2.24, 2.45) is 4.40 Å². The minimum absolute atomic E-state index is 0.0760. The van der Waals surface area contributed by atoms with Gasteiger partial charge >= 0.3 is 0 Å². The summed E-state index contributed by atoms with van der Waals surface area (Å²) in [6, 6.07) is 5.71. The zero-order valence-corrected chi connectivity index (χ0v) is 19.1. The molecular weight excluding hydrogens is 350 g/mol. The molecule has 0 bridgehead atoms. The summed E-state index contributed by atoms with van der Waals surface area (Å²) in [6.45, 7) is 18.6. The van der Waals surface area contributed by atoms with Crippen molar-refractivity contribution < 1.29 is 13.7 Å². The van der Waals surface area contributed by atoms with Crippen LogP contribution in [0.1, 0.15) is 54.0 Å². The summed E-state index contributed by atoms with van der Waals surface area (Å²) in [4.78, 5) is 0. The summed E-state index contributed by atoms with van der Waals surface area (Å²) in [5.74, 6) is 1.49. The first kappa shape index (κ1) is 22.1. The lowest BCUT2D eigenvalue weighted by atomic mass is 10.1. The fraction of sp³-hybridized carbons (Fsp3) is 0.632. The third-order valence-electron chi connectivity index (χ3n) is 4.49. The average Bonchev–Trinajstić information content (AvgIpc) is 2.44. The molecule has 0 heterocycles. The van der Waals surface area contributed by atoms with Gasteiger partial charge in [-0.05, 0) is 58.0 Å². The molecule has 0 spiro atoms. The Kier molecular flexibility index (Phi) is 6.81. The van der Waals surface area contributed by atoms with E-state index in [9.17, 15) is 4.55 Å². The minimum atomic E-state index is -2.02. The molecule has 0 N–H and O–H groups in total. The molecule has 1 atom stereocenters. The van der Waals surface area contributed by atoms with Crippen LogP contribution in [0.15, 0.2) is 22.6 Å². The molecule has 0 fully saturated rings. The van der Waals surface area contributed by atoms with E-state index < -0.39 is 24.4 Å². The van der Waals surface area contributed by atoms with Gasteiger partial charge in [0.25, 0.3) is 8.32 Å². The van der Waals surface area contributed by atoms with Crippen LogP contribution in [0, 0.1) is 0 Å². The lowest BCUT2D eigenvalue weighted by molar-refractivity contribution is 0.410. The molecule has 142 valence electrons. The molecule has 0 aromatic heterocycles. The summed E-state index contributed by atoms with van der Waals surface area (Å²) >= 11 is -1.31. The molecule has 1 unspecified atom stereocenters. The Hall–Kier alpha value is -0.983. The van der Waals surface area contributed by atoms with Gasteiger partial charge in [0, 0.05) is 11.6 Å². The van der Waals surface area contributed by atoms with Crippen LogP contribution >= 0.6 is 0 Å². The van der Waals surface area contributed by atoms with Gasteiger partial charge in [0.05, 0.1) is 12.8 Å². The molecule has 4 nitrogen and oxygen atoms in total. The SMILES string of the molecule is COc1ccc(C(C)=N[S+]([O-])C(C)(C)C)c(O[Si](C)(C)C(C)(C)C)c1. The number of hydrogen-bond acceptors (Lipinski definition) is 4. The fourth-order valence-electron chi connectivity index (χ4n) is 1.75. The van der Waals surface area contributed by atoms with Crippen molar-refractivity contribution in [2.45, 2.75) is 71.3 Å². The van der Waals surface area contributed by atoms with Gasteiger partial charge < -0.3 is 13.7 Å². The molecule has 1 aromatic carbocycles. The minimum Gasteiger partial charge on any atom is -0.591 e. The van der Waals surface area contributed by atoms with Crippen molar-refractivity contribution in [3.8, 4) is 11.5 Å². The van der Waals surface area contributed by atoms with Gasteiger partial charge in [-0.2, -0.15) is 0 Å². The van der Waals surface area contributed by atoms with Crippen LogP contribution in [0.5, 0.6) is 11.5 Å². The van der Waals surface area contributed by atoms with Gasteiger partial charge in [-0.15, -0.1) is 0 Å². The highest BCUT2D eigenvalue weighted by molar-refractivity contribution is 7.91. The predicted molar refractivity (Wildman–Crippen MR) is 111 cm³/mol. The van der Waals surface area contributed by atoms with Gasteiger partial charge in [0.2, 0.25) is 0 Å². The van der Waals surface area contributed by atoms with E-state index in [4.69, 9.17) is 9.16 Å². The van der Waals surface area contributed by atoms with Crippen LogP contribution in [-0.4, -0.2) is 30.4 Å². The Labute approximate surface area is 157 Å². The number of nitrogens with zero attached hydrogens (tertiary/aromatic N) is 1. The first-order chi connectivity index (χ1) is 11.2. The second kappa shape index (κ2) is 7.72. The summed E-state index contributed by atoms with van der Waals surface area (Å²) in [6.07, 6.45) is 0. The largest absolute Gasteiger partial charge is 0.591 e. The summed E-state index contributed by atoms with van der Waals surface area (Å²) < 4.78 is 28.3. The maximum atomic E-state index is 12.4. The second-order valence-electron chi connectivity index (χ2n) is 8.76. The number of benzene rings is 1. The zero-order chi connectivity index (χ0) is 19.6. The molecule has 1 rings (SSSR count). The molecule has 0 aliphatic heterocycles. The topological polar surface area (TPSA) is 53.9 Å². The van der Waals surface area contributed by atoms with Gasteiger partial charge in [-0.1, -0.05) is 25.2 Å². The van der Waals surface area contributed by atoms with Crippen molar-refractivity contribution in [3.05, 3.63) is 23.8 Å². The van der Waals surface area contributed by atoms with Crippen molar-refractivity contribution >= 4 is 25.4 Å². The lowest BCUT2D eigenvalue weighted by Gasteiger charge is -2.37. The van der Waals surface area contributed by atoms with Gasteiger partial charge in [-0.25, -0.2) is 0 Å². The molecule has 0 saturated carbocycles. The molecule has 25 heavy (non-hydrogen) atoms. The molecule has 0 amide bonds. The fourth-order valence-corrected chi connectivity index (χ4v) is 3.40. The maximum Gasteiger partial charge on any atom is 0.250 e. The van der Waals surface area contributed by atoms with Gasteiger partial charge in [0.15, 0.2) is 0 Å². The Balaban J connectivity index is 3.35.